The van der Waals surface area contributed by atoms with Crippen LogP contribution in [0.4, 0.5) is 0 Å². The molecule has 0 unspecified atom stereocenters. The van der Waals surface area contributed by atoms with Gasteiger partial charge in [0.15, 0.2) is 6.29 Å². The van der Waals surface area contributed by atoms with Crippen molar-refractivity contribution in [2.75, 3.05) is 27.3 Å². The van der Waals surface area contributed by atoms with Crippen LogP contribution >= 0.6 is 0 Å². The minimum absolute atomic E-state index is 0.102. The quantitative estimate of drug-likeness (QED) is 0.504. The molecule has 0 heterocycles. The summed E-state index contributed by atoms with van der Waals surface area (Å²) in [5.74, 6) is 0. The summed E-state index contributed by atoms with van der Waals surface area (Å²) in [6.45, 7) is 1.63. The van der Waals surface area contributed by atoms with Crippen LogP contribution in [0, 0.1) is 0 Å². The van der Waals surface area contributed by atoms with Crippen LogP contribution in [0.1, 0.15) is 44.9 Å². The molecule has 0 atom stereocenters. The summed E-state index contributed by atoms with van der Waals surface area (Å²) in [4.78, 5) is 0. The first-order valence-corrected chi connectivity index (χ1v) is 6.69. The highest BCUT2D eigenvalue weighted by Crippen LogP contribution is 2.27. The van der Waals surface area contributed by atoms with E-state index in [1.165, 1.54) is 6.42 Å². The second-order valence-electron chi connectivity index (χ2n) is 5.00. The molecule has 4 nitrogen and oxygen atoms in total. The lowest BCUT2D eigenvalue weighted by Crippen LogP contribution is -2.42. The lowest BCUT2D eigenvalue weighted by Gasteiger charge is -2.32. The summed E-state index contributed by atoms with van der Waals surface area (Å²) in [7, 11) is 3.32. The molecule has 1 aliphatic carbocycles. The second-order valence-corrected chi connectivity index (χ2v) is 5.00. The van der Waals surface area contributed by atoms with Crippen LogP contribution in [0.5, 0.6) is 0 Å². The molecule has 0 amide bonds. The summed E-state index contributed by atoms with van der Waals surface area (Å²) in [5.41, 5.74) is -0.458. The highest BCUT2D eigenvalue weighted by molar-refractivity contribution is 4.84. The van der Waals surface area contributed by atoms with Crippen LogP contribution in [0.25, 0.3) is 0 Å². The molecule has 1 fully saturated rings. The first kappa shape index (κ1) is 14.9. The van der Waals surface area contributed by atoms with Gasteiger partial charge in [0.25, 0.3) is 0 Å². The van der Waals surface area contributed by atoms with Crippen LogP contribution in [0.3, 0.4) is 0 Å². The maximum atomic E-state index is 10.3. The minimum Gasteiger partial charge on any atom is -0.389 e. The van der Waals surface area contributed by atoms with Gasteiger partial charge in [0.2, 0.25) is 0 Å². The molecule has 102 valence electrons. The van der Waals surface area contributed by atoms with Crippen molar-refractivity contribution in [3.63, 3.8) is 0 Å². The average molecular weight is 245 g/mol. The Morgan fingerprint density at radius 2 is 1.82 bits per heavy atom. The summed E-state index contributed by atoms with van der Waals surface area (Å²) in [6.07, 6.45) is 7.26. The summed E-state index contributed by atoms with van der Waals surface area (Å²) in [6, 6.07) is 0. The van der Waals surface area contributed by atoms with E-state index < -0.39 is 5.60 Å². The normalized spacial score (nSPS) is 19.8. The number of ether oxygens (including phenoxy) is 2. The van der Waals surface area contributed by atoms with Crippen molar-refractivity contribution in [3.05, 3.63) is 0 Å². The highest BCUT2D eigenvalue weighted by atomic mass is 16.7. The van der Waals surface area contributed by atoms with E-state index in [-0.39, 0.29) is 6.29 Å². The first-order valence-electron chi connectivity index (χ1n) is 6.69. The topological polar surface area (TPSA) is 50.7 Å². The van der Waals surface area contributed by atoms with Gasteiger partial charge in [-0.25, -0.2) is 0 Å². The molecule has 0 saturated heterocycles. The molecule has 4 heteroatoms. The molecule has 0 aromatic rings. The second kappa shape index (κ2) is 8.03. The van der Waals surface area contributed by atoms with Crippen molar-refractivity contribution in [2.45, 2.75) is 56.8 Å². The van der Waals surface area contributed by atoms with E-state index in [1.807, 2.05) is 0 Å². The molecular weight excluding hydrogens is 218 g/mol. The molecule has 0 radical (unpaired) electrons. The third-order valence-electron chi connectivity index (χ3n) is 3.56. The predicted molar refractivity (Wildman–Crippen MR) is 67.9 cm³/mol. The zero-order valence-corrected chi connectivity index (χ0v) is 11.2. The summed E-state index contributed by atoms with van der Waals surface area (Å²) >= 11 is 0. The van der Waals surface area contributed by atoms with E-state index in [0.29, 0.717) is 0 Å². The van der Waals surface area contributed by atoms with Gasteiger partial charge in [0, 0.05) is 20.8 Å². The van der Waals surface area contributed by atoms with Gasteiger partial charge in [-0.3, -0.25) is 0 Å². The summed E-state index contributed by atoms with van der Waals surface area (Å²) < 4.78 is 10.2. The fourth-order valence-corrected chi connectivity index (χ4v) is 2.43. The number of hydrogen-bond donors (Lipinski definition) is 2. The smallest absolute Gasteiger partial charge is 0.156 e. The monoisotopic (exact) mass is 245 g/mol. The molecule has 17 heavy (non-hydrogen) atoms. The zero-order valence-electron chi connectivity index (χ0n) is 11.2. The van der Waals surface area contributed by atoms with E-state index in [0.717, 1.165) is 51.6 Å². The zero-order chi connectivity index (χ0) is 12.6. The van der Waals surface area contributed by atoms with Crippen molar-refractivity contribution in [3.8, 4) is 0 Å². The number of aliphatic hydroxyl groups is 1. The molecule has 0 bridgehead atoms. The van der Waals surface area contributed by atoms with Crippen molar-refractivity contribution in [1.29, 1.82) is 0 Å². The van der Waals surface area contributed by atoms with Crippen molar-refractivity contribution in [2.24, 2.45) is 0 Å². The van der Waals surface area contributed by atoms with Crippen LogP contribution in [-0.2, 0) is 9.47 Å². The Labute approximate surface area is 105 Å². The Morgan fingerprint density at radius 1 is 1.18 bits per heavy atom. The number of rotatable bonds is 8. The molecular formula is C13H27NO3. The minimum atomic E-state index is -0.458. The maximum absolute atomic E-state index is 10.3. The van der Waals surface area contributed by atoms with Gasteiger partial charge < -0.3 is 19.9 Å². The lowest BCUT2D eigenvalue weighted by molar-refractivity contribution is -0.106. The highest BCUT2D eigenvalue weighted by Gasteiger charge is 2.28. The van der Waals surface area contributed by atoms with Crippen molar-refractivity contribution in [1.82, 2.24) is 5.32 Å². The van der Waals surface area contributed by atoms with E-state index in [1.54, 1.807) is 14.2 Å². The fraction of sp³-hybridized carbons (Fsp3) is 1.00. The van der Waals surface area contributed by atoms with Crippen LogP contribution < -0.4 is 5.32 Å². The van der Waals surface area contributed by atoms with Crippen molar-refractivity contribution < 1.29 is 14.6 Å². The molecule has 1 aliphatic rings. The third kappa shape index (κ3) is 5.82. The maximum Gasteiger partial charge on any atom is 0.156 e. The first-order chi connectivity index (χ1) is 8.20. The molecule has 1 saturated carbocycles. The van der Waals surface area contributed by atoms with E-state index in [4.69, 9.17) is 9.47 Å². The molecule has 2 N–H and O–H groups in total. The van der Waals surface area contributed by atoms with Crippen molar-refractivity contribution >= 4 is 0 Å². The van der Waals surface area contributed by atoms with Crippen LogP contribution in [-0.4, -0.2) is 44.3 Å². The Hall–Kier alpha value is -0.160. The van der Waals surface area contributed by atoms with Gasteiger partial charge in [-0.05, 0) is 32.2 Å². The van der Waals surface area contributed by atoms with Gasteiger partial charge in [-0.2, -0.15) is 0 Å². The molecule has 0 aromatic carbocycles. The predicted octanol–water partition coefficient (Wildman–Crippen LogP) is 1.67. The molecule has 1 rings (SSSR count). The Kier molecular flexibility index (Phi) is 7.04. The molecule has 0 aliphatic heterocycles. The van der Waals surface area contributed by atoms with Crippen LogP contribution in [0.15, 0.2) is 0 Å². The average Bonchev–Trinajstić information content (AvgIpc) is 2.35. The fourth-order valence-electron chi connectivity index (χ4n) is 2.43. The SMILES string of the molecule is COC(CCCNCC1(O)CCCCC1)OC. The van der Waals surface area contributed by atoms with E-state index in [9.17, 15) is 5.11 Å². The summed E-state index contributed by atoms with van der Waals surface area (Å²) in [5, 5.41) is 13.6. The number of methoxy groups -OCH3 is 2. The van der Waals surface area contributed by atoms with Gasteiger partial charge in [-0.1, -0.05) is 19.3 Å². The van der Waals surface area contributed by atoms with Gasteiger partial charge in [-0.15, -0.1) is 0 Å². The lowest BCUT2D eigenvalue weighted by atomic mass is 9.85. The van der Waals surface area contributed by atoms with E-state index in [2.05, 4.69) is 5.32 Å². The van der Waals surface area contributed by atoms with Crippen LogP contribution in [0.2, 0.25) is 0 Å². The van der Waals surface area contributed by atoms with Gasteiger partial charge in [0.1, 0.15) is 0 Å². The standard InChI is InChI=1S/C13H27NO3/c1-16-12(17-2)7-6-10-14-11-13(15)8-4-3-5-9-13/h12,14-15H,3-11H2,1-2H3. The Balaban J connectivity index is 2.03. The molecule has 0 spiro atoms. The van der Waals surface area contributed by atoms with Gasteiger partial charge >= 0.3 is 0 Å². The van der Waals surface area contributed by atoms with E-state index >= 15 is 0 Å². The van der Waals surface area contributed by atoms with Gasteiger partial charge in [0.05, 0.1) is 5.60 Å². The third-order valence-corrected chi connectivity index (χ3v) is 3.56. The molecule has 0 aromatic heterocycles. The Bertz CT molecular complexity index is 189. The largest absolute Gasteiger partial charge is 0.389 e. The number of nitrogens with one attached hydrogen (secondary N) is 1. The number of hydrogen-bond acceptors (Lipinski definition) is 4. The Morgan fingerprint density at radius 3 is 2.41 bits per heavy atom.